The lowest BCUT2D eigenvalue weighted by atomic mass is 10.2. The first-order valence-corrected chi connectivity index (χ1v) is 8.17. The van der Waals surface area contributed by atoms with Crippen molar-refractivity contribution in [3.05, 3.63) is 52.1 Å². The largest absolute Gasteiger partial charge is 0.370 e. The standard InChI is InChI=1S/C17H20BrN3O/c1-3-4-9-19-16-8-6-13(11-20-16)17(22)21-15-7-5-12(2)10-14(15)18/h5-8,10-11H,3-4,9H2,1-2H3,(H,19,20)(H,21,22). The third kappa shape index (κ3) is 4.56. The van der Waals surface area contributed by atoms with E-state index in [2.05, 4.69) is 38.5 Å². The summed E-state index contributed by atoms with van der Waals surface area (Å²) in [5, 5.41) is 6.11. The smallest absolute Gasteiger partial charge is 0.257 e. The number of amides is 1. The van der Waals surface area contributed by atoms with E-state index in [0.29, 0.717) is 5.56 Å². The minimum Gasteiger partial charge on any atom is -0.370 e. The van der Waals surface area contributed by atoms with Crippen LogP contribution in [0.15, 0.2) is 41.0 Å². The van der Waals surface area contributed by atoms with Crippen molar-refractivity contribution in [1.29, 1.82) is 0 Å². The Kier molecular flexibility index (Phi) is 5.95. The highest BCUT2D eigenvalue weighted by Gasteiger charge is 2.09. The number of anilines is 2. The Balaban J connectivity index is 2.00. The number of aromatic nitrogens is 1. The topological polar surface area (TPSA) is 54.0 Å². The van der Waals surface area contributed by atoms with E-state index in [1.54, 1.807) is 12.3 Å². The fourth-order valence-corrected chi connectivity index (χ4v) is 2.53. The summed E-state index contributed by atoms with van der Waals surface area (Å²) in [6.07, 6.45) is 3.83. The lowest BCUT2D eigenvalue weighted by molar-refractivity contribution is 0.102. The van der Waals surface area contributed by atoms with Gasteiger partial charge in [-0.3, -0.25) is 4.79 Å². The van der Waals surface area contributed by atoms with Gasteiger partial charge in [0.25, 0.3) is 5.91 Å². The van der Waals surface area contributed by atoms with Gasteiger partial charge in [0.15, 0.2) is 0 Å². The fourth-order valence-electron chi connectivity index (χ4n) is 1.94. The van der Waals surface area contributed by atoms with E-state index < -0.39 is 0 Å². The van der Waals surface area contributed by atoms with E-state index in [1.807, 2.05) is 31.2 Å². The van der Waals surface area contributed by atoms with Crippen LogP contribution in [0.4, 0.5) is 11.5 Å². The number of pyridine rings is 1. The van der Waals surface area contributed by atoms with Crippen molar-refractivity contribution < 1.29 is 4.79 Å². The Morgan fingerprint density at radius 2 is 2.09 bits per heavy atom. The second kappa shape index (κ2) is 7.94. The third-order valence-electron chi connectivity index (χ3n) is 3.23. The number of unbranched alkanes of at least 4 members (excludes halogenated alkanes) is 1. The maximum absolute atomic E-state index is 12.2. The van der Waals surface area contributed by atoms with Crippen LogP contribution in [0.25, 0.3) is 0 Å². The van der Waals surface area contributed by atoms with Gasteiger partial charge in [0.05, 0.1) is 11.3 Å². The van der Waals surface area contributed by atoms with Gasteiger partial charge < -0.3 is 10.6 Å². The SMILES string of the molecule is CCCCNc1ccc(C(=O)Nc2ccc(C)cc2Br)cn1. The average molecular weight is 362 g/mol. The number of halogens is 1. The van der Waals surface area contributed by atoms with Crippen LogP contribution in [0.3, 0.4) is 0 Å². The molecule has 0 aliphatic rings. The van der Waals surface area contributed by atoms with Crippen molar-refractivity contribution in [2.24, 2.45) is 0 Å². The number of carbonyl (C=O) groups excluding carboxylic acids is 1. The molecule has 0 aliphatic heterocycles. The number of aryl methyl sites for hydroxylation is 1. The van der Waals surface area contributed by atoms with E-state index >= 15 is 0 Å². The normalized spacial score (nSPS) is 10.3. The van der Waals surface area contributed by atoms with Crippen molar-refractivity contribution in [2.75, 3.05) is 17.2 Å². The van der Waals surface area contributed by atoms with Crippen LogP contribution in [0.1, 0.15) is 35.7 Å². The van der Waals surface area contributed by atoms with Gasteiger partial charge in [-0.25, -0.2) is 4.98 Å². The molecular weight excluding hydrogens is 342 g/mol. The number of nitrogens with zero attached hydrogens (tertiary/aromatic N) is 1. The van der Waals surface area contributed by atoms with E-state index in [1.165, 1.54) is 0 Å². The number of nitrogens with one attached hydrogen (secondary N) is 2. The number of hydrogen-bond donors (Lipinski definition) is 2. The number of benzene rings is 1. The number of carbonyl (C=O) groups is 1. The van der Waals surface area contributed by atoms with E-state index in [-0.39, 0.29) is 5.91 Å². The molecule has 2 rings (SSSR count). The van der Waals surface area contributed by atoms with E-state index in [9.17, 15) is 4.79 Å². The Labute approximate surface area is 139 Å². The van der Waals surface area contributed by atoms with Gasteiger partial charge in [-0.2, -0.15) is 0 Å². The molecule has 0 saturated heterocycles. The minimum atomic E-state index is -0.169. The molecule has 1 aromatic carbocycles. The van der Waals surface area contributed by atoms with Crippen LogP contribution >= 0.6 is 15.9 Å². The zero-order valence-corrected chi connectivity index (χ0v) is 14.4. The van der Waals surface area contributed by atoms with Crippen molar-refractivity contribution in [3.63, 3.8) is 0 Å². The predicted molar refractivity (Wildman–Crippen MR) is 94.5 cm³/mol. The molecule has 0 aliphatic carbocycles. The summed E-state index contributed by atoms with van der Waals surface area (Å²) in [7, 11) is 0. The second-order valence-corrected chi connectivity index (χ2v) is 6.00. The van der Waals surface area contributed by atoms with Crippen molar-refractivity contribution in [1.82, 2.24) is 4.98 Å². The fraction of sp³-hybridized carbons (Fsp3) is 0.294. The summed E-state index contributed by atoms with van der Waals surface area (Å²) in [6.45, 7) is 5.04. The summed E-state index contributed by atoms with van der Waals surface area (Å²) in [5.74, 6) is 0.624. The van der Waals surface area contributed by atoms with E-state index in [0.717, 1.165) is 40.9 Å². The zero-order chi connectivity index (χ0) is 15.9. The molecule has 0 radical (unpaired) electrons. The van der Waals surface area contributed by atoms with Crippen molar-refractivity contribution in [3.8, 4) is 0 Å². The summed E-state index contributed by atoms with van der Waals surface area (Å²) < 4.78 is 0.867. The van der Waals surface area contributed by atoms with Crippen LogP contribution in [-0.4, -0.2) is 17.4 Å². The molecule has 1 amide bonds. The summed E-state index contributed by atoms with van der Waals surface area (Å²) >= 11 is 3.45. The maximum Gasteiger partial charge on any atom is 0.257 e. The summed E-state index contributed by atoms with van der Waals surface area (Å²) in [6, 6.07) is 9.41. The van der Waals surface area contributed by atoms with Crippen molar-refractivity contribution >= 4 is 33.3 Å². The van der Waals surface area contributed by atoms with Gasteiger partial charge in [0.1, 0.15) is 5.82 Å². The molecule has 0 fully saturated rings. The quantitative estimate of drug-likeness (QED) is 0.738. The van der Waals surface area contributed by atoms with Crippen LogP contribution in [-0.2, 0) is 0 Å². The minimum absolute atomic E-state index is 0.169. The number of rotatable bonds is 6. The predicted octanol–water partition coefficient (Wildman–Crippen LogP) is 4.62. The lowest BCUT2D eigenvalue weighted by Gasteiger charge is -2.09. The molecule has 116 valence electrons. The van der Waals surface area contributed by atoms with Crippen LogP contribution in [0, 0.1) is 6.92 Å². The molecule has 0 unspecified atom stereocenters. The molecule has 1 aromatic heterocycles. The molecule has 0 spiro atoms. The first kappa shape index (κ1) is 16.5. The highest BCUT2D eigenvalue weighted by molar-refractivity contribution is 9.10. The molecule has 2 N–H and O–H groups in total. The maximum atomic E-state index is 12.2. The average Bonchev–Trinajstić information content (AvgIpc) is 2.51. The molecule has 0 bridgehead atoms. The Bertz CT molecular complexity index is 641. The van der Waals surface area contributed by atoms with Gasteiger partial charge in [0, 0.05) is 17.2 Å². The van der Waals surface area contributed by atoms with Crippen LogP contribution in [0.5, 0.6) is 0 Å². The van der Waals surface area contributed by atoms with Gasteiger partial charge in [-0.15, -0.1) is 0 Å². The molecule has 5 heteroatoms. The molecule has 0 saturated carbocycles. The molecule has 2 aromatic rings. The Hall–Kier alpha value is -1.88. The number of hydrogen-bond acceptors (Lipinski definition) is 3. The van der Waals surface area contributed by atoms with Gasteiger partial charge in [0.2, 0.25) is 0 Å². The Morgan fingerprint density at radius 1 is 1.27 bits per heavy atom. The molecule has 1 heterocycles. The summed E-state index contributed by atoms with van der Waals surface area (Å²) in [5.41, 5.74) is 2.42. The van der Waals surface area contributed by atoms with Gasteiger partial charge in [-0.05, 0) is 59.1 Å². The van der Waals surface area contributed by atoms with Gasteiger partial charge in [-0.1, -0.05) is 19.4 Å². The van der Waals surface area contributed by atoms with E-state index in [4.69, 9.17) is 0 Å². The Morgan fingerprint density at radius 3 is 2.73 bits per heavy atom. The third-order valence-corrected chi connectivity index (χ3v) is 3.89. The van der Waals surface area contributed by atoms with Crippen LogP contribution < -0.4 is 10.6 Å². The molecule has 0 atom stereocenters. The highest BCUT2D eigenvalue weighted by atomic mass is 79.9. The summed E-state index contributed by atoms with van der Waals surface area (Å²) in [4.78, 5) is 16.5. The van der Waals surface area contributed by atoms with Gasteiger partial charge >= 0.3 is 0 Å². The highest BCUT2D eigenvalue weighted by Crippen LogP contribution is 2.23. The lowest BCUT2D eigenvalue weighted by Crippen LogP contribution is -2.13. The molecule has 4 nitrogen and oxygen atoms in total. The first-order valence-electron chi connectivity index (χ1n) is 7.37. The molecule has 22 heavy (non-hydrogen) atoms. The van der Waals surface area contributed by atoms with Crippen LogP contribution in [0.2, 0.25) is 0 Å². The second-order valence-electron chi connectivity index (χ2n) is 5.15. The van der Waals surface area contributed by atoms with Crippen molar-refractivity contribution in [2.45, 2.75) is 26.7 Å². The monoisotopic (exact) mass is 361 g/mol. The molecular formula is C17H20BrN3O. The zero-order valence-electron chi connectivity index (χ0n) is 12.8. The first-order chi connectivity index (χ1) is 10.6.